The molecule has 0 bridgehead atoms. The predicted molar refractivity (Wildman–Crippen MR) is 52.6 cm³/mol. The summed E-state index contributed by atoms with van der Waals surface area (Å²) in [6.07, 6.45) is 4.23. The Labute approximate surface area is 80.4 Å². The summed E-state index contributed by atoms with van der Waals surface area (Å²) in [4.78, 5) is 2.49. The molecular formula is C10H20N2O. The Kier molecular flexibility index (Phi) is 3.19. The minimum atomic E-state index is 0.415. The van der Waals surface area contributed by atoms with Gasteiger partial charge in [-0.05, 0) is 26.2 Å². The maximum Gasteiger partial charge on any atom is 0.110 e. The lowest BCUT2D eigenvalue weighted by Gasteiger charge is -2.39. The summed E-state index contributed by atoms with van der Waals surface area (Å²) >= 11 is 0. The Hall–Kier alpha value is -0.120. The SMILES string of the molecule is CC1CN(C2CCCCO2)CCN1. The van der Waals surface area contributed by atoms with E-state index in [0.29, 0.717) is 12.3 Å². The zero-order chi connectivity index (χ0) is 9.10. The first-order valence-electron chi connectivity index (χ1n) is 5.45. The quantitative estimate of drug-likeness (QED) is 0.652. The lowest BCUT2D eigenvalue weighted by molar-refractivity contribution is -0.0933. The van der Waals surface area contributed by atoms with Crippen molar-refractivity contribution < 1.29 is 4.74 Å². The van der Waals surface area contributed by atoms with Crippen molar-refractivity contribution in [2.45, 2.75) is 38.5 Å². The molecule has 2 fully saturated rings. The fourth-order valence-corrected chi connectivity index (χ4v) is 2.24. The maximum atomic E-state index is 5.76. The van der Waals surface area contributed by atoms with Crippen molar-refractivity contribution in [2.75, 3.05) is 26.2 Å². The number of rotatable bonds is 1. The van der Waals surface area contributed by atoms with Crippen LogP contribution in [0.25, 0.3) is 0 Å². The molecule has 2 aliphatic rings. The molecule has 2 atom stereocenters. The van der Waals surface area contributed by atoms with Crippen molar-refractivity contribution in [1.82, 2.24) is 10.2 Å². The van der Waals surface area contributed by atoms with Gasteiger partial charge in [-0.2, -0.15) is 0 Å². The second-order valence-corrected chi connectivity index (χ2v) is 4.17. The Balaban J connectivity index is 1.83. The third-order valence-electron chi connectivity index (χ3n) is 2.96. The van der Waals surface area contributed by atoms with Crippen LogP contribution in [0.3, 0.4) is 0 Å². The molecule has 2 heterocycles. The van der Waals surface area contributed by atoms with Crippen molar-refractivity contribution in [3.8, 4) is 0 Å². The summed E-state index contributed by atoms with van der Waals surface area (Å²) in [5.41, 5.74) is 0. The molecule has 2 unspecified atom stereocenters. The van der Waals surface area contributed by atoms with Crippen LogP contribution >= 0.6 is 0 Å². The first-order chi connectivity index (χ1) is 6.36. The summed E-state index contributed by atoms with van der Waals surface area (Å²) in [6.45, 7) is 6.61. The van der Waals surface area contributed by atoms with Crippen molar-refractivity contribution in [3.63, 3.8) is 0 Å². The second kappa shape index (κ2) is 4.40. The molecule has 1 N–H and O–H groups in total. The first-order valence-corrected chi connectivity index (χ1v) is 5.45. The average molecular weight is 184 g/mol. The van der Waals surface area contributed by atoms with Crippen molar-refractivity contribution in [1.29, 1.82) is 0 Å². The molecule has 2 saturated heterocycles. The molecule has 0 saturated carbocycles. The lowest BCUT2D eigenvalue weighted by Crippen LogP contribution is -2.54. The van der Waals surface area contributed by atoms with E-state index in [-0.39, 0.29) is 0 Å². The van der Waals surface area contributed by atoms with E-state index in [9.17, 15) is 0 Å². The van der Waals surface area contributed by atoms with Crippen molar-refractivity contribution in [3.05, 3.63) is 0 Å². The highest BCUT2D eigenvalue weighted by Gasteiger charge is 2.25. The van der Waals surface area contributed by atoms with Gasteiger partial charge in [-0.25, -0.2) is 0 Å². The van der Waals surface area contributed by atoms with E-state index >= 15 is 0 Å². The van der Waals surface area contributed by atoms with Gasteiger partial charge < -0.3 is 10.1 Å². The monoisotopic (exact) mass is 184 g/mol. The van der Waals surface area contributed by atoms with Crippen LogP contribution in [0.5, 0.6) is 0 Å². The highest BCUT2D eigenvalue weighted by Crippen LogP contribution is 2.17. The van der Waals surface area contributed by atoms with Gasteiger partial charge in [0.05, 0.1) is 0 Å². The Morgan fingerprint density at radius 3 is 3.00 bits per heavy atom. The van der Waals surface area contributed by atoms with E-state index in [4.69, 9.17) is 4.74 Å². The molecule has 76 valence electrons. The summed E-state index contributed by atoms with van der Waals surface area (Å²) in [5, 5.41) is 3.45. The van der Waals surface area contributed by atoms with Gasteiger partial charge in [0.25, 0.3) is 0 Å². The van der Waals surface area contributed by atoms with Crippen LogP contribution in [0.1, 0.15) is 26.2 Å². The fraction of sp³-hybridized carbons (Fsp3) is 1.00. The molecule has 3 nitrogen and oxygen atoms in total. The van der Waals surface area contributed by atoms with Crippen LogP contribution in [-0.4, -0.2) is 43.4 Å². The van der Waals surface area contributed by atoms with Gasteiger partial charge in [0.15, 0.2) is 0 Å². The summed E-state index contributed by atoms with van der Waals surface area (Å²) in [6, 6.07) is 0.624. The van der Waals surface area contributed by atoms with Crippen molar-refractivity contribution >= 4 is 0 Å². The Bertz CT molecular complexity index is 157. The molecule has 0 aromatic carbocycles. The molecular weight excluding hydrogens is 164 g/mol. The highest BCUT2D eigenvalue weighted by atomic mass is 16.5. The number of hydrogen-bond donors (Lipinski definition) is 1. The van der Waals surface area contributed by atoms with Gasteiger partial charge in [-0.1, -0.05) is 0 Å². The molecule has 0 radical (unpaired) electrons. The van der Waals surface area contributed by atoms with Gasteiger partial charge in [0.1, 0.15) is 6.23 Å². The predicted octanol–water partition coefficient (Wildman–Crippen LogP) is 0.807. The number of hydrogen-bond acceptors (Lipinski definition) is 3. The van der Waals surface area contributed by atoms with Gasteiger partial charge in [-0.3, -0.25) is 4.90 Å². The number of nitrogens with zero attached hydrogens (tertiary/aromatic N) is 1. The second-order valence-electron chi connectivity index (χ2n) is 4.17. The van der Waals surface area contributed by atoms with E-state index < -0.39 is 0 Å². The van der Waals surface area contributed by atoms with Crippen LogP contribution < -0.4 is 5.32 Å². The molecule has 3 heteroatoms. The van der Waals surface area contributed by atoms with E-state index in [2.05, 4.69) is 17.1 Å². The number of nitrogens with one attached hydrogen (secondary N) is 1. The average Bonchev–Trinajstić information content (AvgIpc) is 2.19. The van der Waals surface area contributed by atoms with Gasteiger partial charge in [0, 0.05) is 32.3 Å². The maximum absolute atomic E-state index is 5.76. The van der Waals surface area contributed by atoms with Gasteiger partial charge >= 0.3 is 0 Å². The van der Waals surface area contributed by atoms with E-state index in [0.717, 1.165) is 26.2 Å². The summed E-state index contributed by atoms with van der Waals surface area (Å²) < 4.78 is 5.76. The molecule has 2 rings (SSSR count). The Morgan fingerprint density at radius 2 is 2.31 bits per heavy atom. The van der Waals surface area contributed by atoms with Crippen LogP contribution in [-0.2, 0) is 4.74 Å². The molecule has 0 aromatic rings. The standard InChI is InChI=1S/C10H20N2O/c1-9-8-12(6-5-11-9)10-4-2-3-7-13-10/h9-11H,2-8H2,1H3. The summed E-state index contributed by atoms with van der Waals surface area (Å²) in [7, 11) is 0. The van der Waals surface area contributed by atoms with Crippen LogP contribution in [0, 0.1) is 0 Å². The molecule has 13 heavy (non-hydrogen) atoms. The number of piperazine rings is 1. The first kappa shape index (κ1) is 9.44. The molecule has 0 aliphatic carbocycles. The smallest absolute Gasteiger partial charge is 0.110 e. The topological polar surface area (TPSA) is 24.5 Å². The van der Waals surface area contributed by atoms with E-state index in [1.54, 1.807) is 0 Å². The Morgan fingerprint density at radius 1 is 1.38 bits per heavy atom. The van der Waals surface area contributed by atoms with Crippen LogP contribution in [0.15, 0.2) is 0 Å². The third-order valence-corrected chi connectivity index (χ3v) is 2.96. The van der Waals surface area contributed by atoms with E-state index in [1.807, 2.05) is 0 Å². The van der Waals surface area contributed by atoms with Gasteiger partial charge in [-0.15, -0.1) is 0 Å². The van der Waals surface area contributed by atoms with Gasteiger partial charge in [0.2, 0.25) is 0 Å². The normalized spacial score (nSPS) is 37.6. The molecule has 0 aromatic heterocycles. The molecule has 2 aliphatic heterocycles. The molecule has 0 spiro atoms. The highest BCUT2D eigenvalue weighted by molar-refractivity contribution is 4.78. The minimum absolute atomic E-state index is 0.415. The number of ether oxygens (including phenoxy) is 1. The fourth-order valence-electron chi connectivity index (χ4n) is 2.24. The molecule has 0 amide bonds. The summed E-state index contributed by atoms with van der Waals surface area (Å²) in [5.74, 6) is 0. The third kappa shape index (κ3) is 2.42. The zero-order valence-corrected chi connectivity index (χ0v) is 8.46. The zero-order valence-electron chi connectivity index (χ0n) is 8.46. The minimum Gasteiger partial charge on any atom is -0.363 e. The van der Waals surface area contributed by atoms with Crippen molar-refractivity contribution in [2.24, 2.45) is 0 Å². The van der Waals surface area contributed by atoms with Crippen LogP contribution in [0.2, 0.25) is 0 Å². The van der Waals surface area contributed by atoms with Crippen LogP contribution in [0.4, 0.5) is 0 Å². The van der Waals surface area contributed by atoms with E-state index in [1.165, 1.54) is 19.3 Å². The lowest BCUT2D eigenvalue weighted by atomic mass is 10.1. The largest absolute Gasteiger partial charge is 0.363 e.